The van der Waals surface area contributed by atoms with E-state index in [-0.39, 0.29) is 0 Å². The Bertz CT molecular complexity index is 964. The Hall–Kier alpha value is -2.66. The standard InChI is InChI=1S/C23H27N3O2/c1-4-13-24-20-11-10-17-18(20)7-6-8-19(17)22-25-23(28-26-22)16-9-12-21(27-5-2)15(3)14-16/h6-9,12,14,20,24H,4-5,10-11,13H2,1-3H3. The van der Waals surface area contributed by atoms with Gasteiger partial charge in [0.15, 0.2) is 0 Å². The summed E-state index contributed by atoms with van der Waals surface area (Å²) < 4.78 is 11.2. The van der Waals surface area contributed by atoms with Gasteiger partial charge in [0, 0.05) is 17.2 Å². The van der Waals surface area contributed by atoms with Gasteiger partial charge in [0.25, 0.3) is 5.89 Å². The summed E-state index contributed by atoms with van der Waals surface area (Å²) in [5.41, 5.74) is 5.76. The third kappa shape index (κ3) is 3.54. The number of ether oxygens (including phenoxy) is 1. The molecule has 2 aromatic carbocycles. The van der Waals surface area contributed by atoms with Crippen LogP contribution in [0.25, 0.3) is 22.8 Å². The number of fused-ring (bicyclic) bond motifs is 1. The summed E-state index contributed by atoms with van der Waals surface area (Å²) >= 11 is 0. The van der Waals surface area contributed by atoms with Crippen molar-refractivity contribution in [2.24, 2.45) is 0 Å². The normalized spacial score (nSPS) is 15.6. The van der Waals surface area contributed by atoms with Crippen LogP contribution >= 0.6 is 0 Å². The molecule has 0 spiro atoms. The molecule has 3 aromatic rings. The van der Waals surface area contributed by atoms with Crippen molar-refractivity contribution < 1.29 is 9.26 Å². The maximum absolute atomic E-state index is 5.62. The van der Waals surface area contributed by atoms with Crippen LogP contribution in [0.3, 0.4) is 0 Å². The maximum atomic E-state index is 5.62. The average Bonchev–Trinajstić information content (AvgIpc) is 3.35. The quantitative estimate of drug-likeness (QED) is 0.621. The molecule has 0 saturated heterocycles. The molecule has 0 bridgehead atoms. The highest BCUT2D eigenvalue weighted by molar-refractivity contribution is 5.66. The van der Waals surface area contributed by atoms with Crippen LogP contribution < -0.4 is 10.1 Å². The van der Waals surface area contributed by atoms with Gasteiger partial charge in [0.05, 0.1) is 6.61 Å². The highest BCUT2D eigenvalue weighted by atomic mass is 16.5. The molecular weight excluding hydrogens is 350 g/mol. The number of rotatable bonds is 7. The Morgan fingerprint density at radius 3 is 2.89 bits per heavy atom. The Labute approximate surface area is 166 Å². The molecule has 0 radical (unpaired) electrons. The third-order valence-electron chi connectivity index (χ3n) is 5.30. The minimum atomic E-state index is 0.426. The lowest BCUT2D eigenvalue weighted by Crippen LogP contribution is -2.19. The van der Waals surface area contributed by atoms with Crippen molar-refractivity contribution in [3.8, 4) is 28.6 Å². The first-order chi connectivity index (χ1) is 13.7. The van der Waals surface area contributed by atoms with E-state index in [1.54, 1.807) is 0 Å². The monoisotopic (exact) mass is 377 g/mol. The van der Waals surface area contributed by atoms with Crippen LogP contribution in [0.4, 0.5) is 0 Å². The first-order valence-corrected chi connectivity index (χ1v) is 10.1. The van der Waals surface area contributed by atoms with E-state index in [1.165, 1.54) is 11.1 Å². The van der Waals surface area contributed by atoms with Crippen molar-refractivity contribution in [1.29, 1.82) is 0 Å². The van der Waals surface area contributed by atoms with Crippen molar-refractivity contribution in [3.05, 3.63) is 53.1 Å². The van der Waals surface area contributed by atoms with E-state index in [1.807, 2.05) is 32.0 Å². The van der Waals surface area contributed by atoms with Crippen molar-refractivity contribution >= 4 is 0 Å². The fraction of sp³-hybridized carbons (Fsp3) is 0.391. The van der Waals surface area contributed by atoms with E-state index in [4.69, 9.17) is 14.2 Å². The van der Waals surface area contributed by atoms with E-state index < -0.39 is 0 Å². The van der Waals surface area contributed by atoms with Crippen LogP contribution in [0.2, 0.25) is 0 Å². The lowest BCUT2D eigenvalue weighted by Gasteiger charge is -2.13. The molecule has 4 rings (SSSR count). The lowest BCUT2D eigenvalue weighted by atomic mass is 10.0. The average molecular weight is 377 g/mol. The number of benzene rings is 2. The minimum Gasteiger partial charge on any atom is -0.494 e. The van der Waals surface area contributed by atoms with Crippen LogP contribution in [0.1, 0.15) is 49.4 Å². The molecule has 1 aliphatic carbocycles. The Morgan fingerprint density at radius 2 is 2.11 bits per heavy atom. The first-order valence-electron chi connectivity index (χ1n) is 10.1. The van der Waals surface area contributed by atoms with E-state index in [9.17, 15) is 0 Å². The second-order valence-electron chi connectivity index (χ2n) is 7.26. The van der Waals surface area contributed by atoms with Gasteiger partial charge in [0.2, 0.25) is 5.82 Å². The van der Waals surface area contributed by atoms with E-state index in [2.05, 4.69) is 35.6 Å². The predicted molar refractivity (Wildman–Crippen MR) is 110 cm³/mol. The second-order valence-corrected chi connectivity index (χ2v) is 7.26. The second kappa shape index (κ2) is 8.15. The fourth-order valence-electron chi connectivity index (χ4n) is 3.94. The molecule has 0 fully saturated rings. The summed E-state index contributed by atoms with van der Waals surface area (Å²) in [6, 6.07) is 12.8. The molecule has 1 aliphatic rings. The van der Waals surface area contributed by atoms with Gasteiger partial charge < -0.3 is 14.6 Å². The van der Waals surface area contributed by atoms with Gasteiger partial charge in [-0.15, -0.1) is 0 Å². The van der Waals surface area contributed by atoms with Gasteiger partial charge >= 0.3 is 0 Å². The highest BCUT2D eigenvalue weighted by Crippen LogP contribution is 2.37. The highest BCUT2D eigenvalue weighted by Gasteiger charge is 2.26. The van der Waals surface area contributed by atoms with Crippen molar-refractivity contribution in [2.45, 2.75) is 46.1 Å². The van der Waals surface area contributed by atoms with Crippen LogP contribution in [0, 0.1) is 6.92 Å². The maximum Gasteiger partial charge on any atom is 0.258 e. The van der Waals surface area contributed by atoms with Gasteiger partial charge in [0.1, 0.15) is 5.75 Å². The summed E-state index contributed by atoms with van der Waals surface area (Å²) in [4.78, 5) is 4.69. The van der Waals surface area contributed by atoms with Gasteiger partial charge in [-0.3, -0.25) is 0 Å². The van der Waals surface area contributed by atoms with Crippen molar-refractivity contribution in [2.75, 3.05) is 13.2 Å². The Kier molecular flexibility index (Phi) is 5.44. The van der Waals surface area contributed by atoms with Gasteiger partial charge in [-0.2, -0.15) is 4.98 Å². The van der Waals surface area contributed by atoms with Crippen LogP contribution in [0.5, 0.6) is 5.75 Å². The van der Waals surface area contributed by atoms with Crippen molar-refractivity contribution in [1.82, 2.24) is 15.5 Å². The Morgan fingerprint density at radius 1 is 1.21 bits per heavy atom. The smallest absolute Gasteiger partial charge is 0.258 e. The SMILES string of the molecule is CCCNC1CCc2c(-c3noc(-c4ccc(OCC)c(C)c4)n3)cccc21. The zero-order valence-electron chi connectivity index (χ0n) is 16.8. The fourth-order valence-corrected chi connectivity index (χ4v) is 3.94. The number of hydrogen-bond acceptors (Lipinski definition) is 5. The van der Waals surface area contributed by atoms with E-state index in [0.29, 0.717) is 24.4 Å². The third-order valence-corrected chi connectivity index (χ3v) is 5.30. The Balaban J connectivity index is 1.62. The molecule has 0 saturated carbocycles. The molecule has 0 amide bonds. The van der Waals surface area contributed by atoms with Crippen LogP contribution in [0.15, 0.2) is 40.9 Å². The van der Waals surface area contributed by atoms with E-state index in [0.717, 1.165) is 48.2 Å². The number of nitrogens with one attached hydrogen (secondary N) is 1. The molecule has 5 heteroatoms. The molecule has 1 heterocycles. The number of aryl methyl sites for hydroxylation is 1. The van der Waals surface area contributed by atoms with Gasteiger partial charge in [-0.1, -0.05) is 30.3 Å². The lowest BCUT2D eigenvalue weighted by molar-refractivity contribution is 0.338. The molecule has 146 valence electrons. The summed E-state index contributed by atoms with van der Waals surface area (Å²) in [6.07, 6.45) is 3.30. The van der Waals surface area contributed by atoms with Crippen molar-refractivity contribution in [3.63, 3.8) is 0 Å². The zero-order valence-corrected chi connectivity index (χ0v) is 16.8. The largest absolute Gasteiger partial charge is 0.494 e. The summed E-state index contributed by atoms with van der Waals surface area (Å²) in [7, 11) is 0. The summed E-state index contributed by atoms with van der Waals surface area (Å²) in [6.45, 7) is 7.90. The van der Waals surface area contributed by atoms with Crippen LogP contribution in [-0.2, 0) is 6.42 Å². The molecule has 1 atom stereocenters. The number of hydrogen-bond donors (Lipinski definition) is 1. The molecule has 28 heavy (non-hydrogen) atoms. The predicted octanol–water partition coefficient (Wildman–Crippen LogP) is 5.10. The number of nitrogens with zero attached hydrogens (tertiary/aromatic N) is 2. The summed E-state index contributed by atoms with van der Waals surface area (Å²) in [5.74, 6) is 2.09. The molecule has 0 aliphatic heterocycles. The molecule has 5 nitrogen and oxygen atoms in total. The first kappa shape index (κ1) is 18.7. The molecule has 1 N–H and O–H groups in total. The zero-order chi connectivity index (χ0) is 19.5. The van der Waals surface area contributed by atoms with Crippen LogP contribution in [-0.4, -0.2) is 23.3 Å². The summed E-state index contributed by atoms with van der Waals surface area (Å²) in [5, 5.41) is 7.92. The topological polar surface area (TPSA) is 60.2 Å². The van der Waals surface area contributed by atoms with Gasteiger partial charge in [-0.05, 0) is 74.5 Å². The number of aromatic nitrogens is 2. The minimum absolute atomic E-state index is 0.426. The van der Waals surface area contributed by atoms with E-state index >= 15 is 0 Å². The molecular formula is C23H27N3O2. The molecule has 1 unspecified atom stereocenters. The molecule has 1 aromatic heterocycles. The van der Waals surface area contributed by atoms with Gasteiger partial charge in [-0.25, -0.2) is 0 Å².